The highest BCUT2D eigenvalue weighted by Crippen LogP contribution is 2.56. The summed E-state index contributed by atoms with van der Waals surface area (Å²) in [7, 11) is 0. The van der Waals surface area contributed by atoms with Crippen LogP contribution in [0.5, 0.6) is 0 Å². The number of thioether (sulfide) groups is 2. The molecule has 1 aromatic rings. The van der Waals surface area contributed by atoms with Crippen molar-refractivity contribution in [2.24, 2.45) is 0 Å². The molecule has 0 radical (unpaired) electrons. The molecule has 2 aliphatic rings. The van der Waals surface area contributed by atoms with Crippen molar-refractivity contribution < 1.29 is 0 Å². The highest BCUT2D eigenvalue weighted by atomic mass is 32.2. The summed E-state index contributed by atoms with van der Waals surface area (Å²) >= 11 is 4.11. The Morgan fingerprint density at radius 1 is 1.00 bits per heavy atom. The maximum atomic E-state index is 2.42. The van der Waals surface area contributed by atoms with Crippen molar-refractivity contribution in [3.8, 4) is 0 Å². The molecule has 3 rings (SSSR count). The summed E-state index contributed by atoms with van der Waals surface area (Å²) in [5.41, 5.74) is 3.04. The van der Waals surface area contributed by atoms with Crippen molar-refractivity contribution in [3.05, 3.63) is 35.4 Å². The van der Waals surface area contributed by atoms with Gasteiger partial charge in [0, 0.05) is 21.0 Å². The predicted molar refractivity (Wildman–Crippen MR) is 66.1 cm³/mol. The summed E-state index contributed by atoms with van der Waals surface area (Å²) in [4.78, 5) is 0. The lowest BCUT2D eigenvalue weighted by atomic mass is 9.96. The average molecular weight is 222 g/mol. The lowest BCUT2D eigenvalue weighted by Gasteiger charge is -2.12. The van der Waals surface area contributed by atoms with Crippen LogP contribution in [-0.2, 0) is 9.49 Å². The Balaban J connectivity index is 1.99. The number of hydrogen-bond donors (Lipinski definition) is 0. The zero-order valence-electron chi connectivity index (χ0n) is 8.54. The number of rotatable bonds is 2. The Morgan fingerprint density at radius 3 is 1.79 bits per heavy atom. The monoisotopic (exact) mass is 222 g/mol. The van der Waals surface area contributed by atoms with Gasteiger partial charge in [-0.25, -0.2) is 0 Å². The standard InChI is InChI=1S/C12H14S2/c1-11(7-13-11)9-4-3-5-10(6-9)12(2)8-14-12/h3-6H,7-8H2,1-2H3. The van der Waals surface area contributed by atoms with Crippen LogP contribution in [0.3, 0.4) is 0 Å². The Hall–Kier alpha value is -0.0800. The lowest BCUT2D eigenvalue weighted by molar-refractivity contribution is 0.851. The minimum atomic E-state index is 0.436. The molecule has 2 saturated heterocycles. The summed E-state index contributed by atoms with van der Waals surface area (Å²) < 4.78 is 0.873. The molecule has 0 aliphatic carbocycles. The van der Waals surface area contributed by atoms with Crippen LogP contribution in [0.1, 0.15) is 25.0 Å². The van der Waals surface area contributed by atoms with E-state index in [0.29, 0.717) is 9.49 Å². The van der Waals surface area contributed by atoms with E-state index < -0.39 is 0 Å². The Labute approximate surface area is 93.9 Å². The van der Waals surface area contributed by atoms with Gasteiger partial charge in [0.05, 0.1) is 0 Å². The first kappa shape index (κ1) is 9.17. The van der Waals surface area contributed by atoms with E-state index in [1.165, 1.54) is 22.6 Å². The second-order valence-corrected chi connectivity index (χ2v) is 7.58. The van der Waals surface area contributed by atoms with Crippen molar-refractivity contribution in [2.75, 3.05) is 11.5 Å². The van der Waals surface area contributed by atoms with Crippen molar-refractivity contribution >= 4 is 23.5 Å². The molecule has 0 aromatic heterocycles. The largest absolute Gasteiger partial charge is 0.148 e. The summed E-state index contributed by atoms with van der Waals surface area (Å²) in [6.45, 7) is 4.69. The fourth-order valence-corrected chi connectivity index (χ4v) is 3.08. The molecule has 2 heteroatoms. The Kier molecular flexibility index (Phi) is 1.79. The molecule has 0 nitrogen and oxygen atoms in total. The first-order chi connectivity index (χ1) is 6.62. The zero-order valence-corrected chi connectivity index (χ0v) is 10.2. The minimum Gasteiger partial charge on any atom is -0.148 e. The van der Waals surface area contributed by atoms with Crippen molar-refractivity contribution in [1.29, 1.82) is 0 Å². The van der Waals surface area contributed by atoms with Gasteiger partial charge in [-0.1, -0.05) is 24.3 Å². The molecule has 0 spiro atoms. The van der Waals surface area contributed by atoms with Crippen LogP contribution in [0.2, 0.25) is 0 Å². The maximum absolute atomic E-state index is 2.42. The van der Waals surface area contributed by atoms with E-state index in [1.807, 2.05) is 0 Å². The summed E-state index contributed by atoms with van der Waals surface area (Å²) in [6, 6.07) is 9.19. The zero-order chi connectivity index (χ0) is 9.81. The van der Waals surface area contributed by atoms with Gasteiger partial charge in [-0.3, -0.25) is 0 Å². The third-order valence-corrected chi connectivity index (χ3v) is 6.02. The van der Waals surface area contributed by atoms with Crippen molar-refractivity contribution in [2.45, 2.75) is 23.3 Å². The van der Waals surface area contributed by atoms with Crippen LogP contribution >= 0.6 is 23.5 Å². The van der Waals surface area contributed by atoms with Gasteiger partial charge >= 0.3 is 0 Å². The van der Waals surface area contributed by atoms with Crippen LogP contribution in [-0.4, -0.2) is 11.5 Å². The van der Waals surface area contributed by atoms with E-state index in [1.54, 1.807) is 0 Å². The van der Waals surface area contributed by atoms with Gasteiger partial charge in [0.25, 0.3) is 0 Å². The Morgan fingerprint density at radius 2 is 1.43 bits per heavy atom. The number of benzene rings is 1. The topological polar surface area (TPSA) is 0 Å². The van der Waals surface area contributed by atoms with Gasteiger partial charge in [-0.05, 0) is 25.0 Å². The summed E-state index contributed by atoms with van der Waals surface area (Å²) in [6.07, 6.45) is 0. The summed E-state index contributed by atoms with van der Waals surface area (Å²) in [5, 5.41) is 0. The summed E-state index contributed by atoms with van der Waals surface area (Å²) in [5.74, 6) is 2.58. The van der Waals surface area contributed by atoms with E-state index in [-0.39, 0.29) is 0 Å². The molecule has 2 atom stereocenters. The molecule has 0 N–H and O–H groups in total. The van der Waals surface area contributed by atoms with E-state index in [9.17, 15) is 0 Å². The number of hydrogen-bond acceptors (Lipinski definition) is 2. The molecular weight excluding hydrogens is 208 g/mol. The van der Waals surface area contributed by atoms with Gasteiger partial charge in [0.15, 0.2) is 0 Å². The molecule has 2 fully saturated rings. The molecule has 0 saturated carbocycles. The molecular formula is C12H14S2. The van der Waals surface area contributed by atoms with Gasteiger partial charge in [-0.2, -0.15) is 0 Å². The van der Waals surface area contributed by atoms with Gasteiger partial charge in [-0.15, -0.1) is 23.5 Å². The van der Waals surface area contributed by atoms with Gasteiger partial charge < -0.3 is 0 Å². The molecule has 2 heterocycles. The molecule has 0 bridgehead atoms. The highest BCUT2D eigenvalue weighted by Gasteiger charge is 2.43. The van der Waals surface area contributed by atoms with Gasteiger partial charge in [0.1, 0.15) is 0 Å². The Bertz CT molecular complexity index is 342. The molecule has 14 heavy (non-hydrogen) atoms. The third kappa shape index (κ3) is 1.40. The van der Waals surface area contributed by atoms with E-state index in [2.05, 4.69) is 61.6 Å². The van der Waals surface area contributed by atoms with Crippen LogP contribution < -0.4 is 0 Å². The first-order valence-corrected chi connectivity index (χ1v) is 6.99. The van der Waals surface area contributed by atoms with Crippen LogP contribution in [0.15, 0.2) is 24.3 Å². The smallest absolute Gasteiger partial charge is 0.0471 e. The van der Waals surface area contributed by atoms with E-state index >= 15 is 0 Å². The SMILES string of the molecule is CC1(c2cccc(C3(C)CS3)c2)CS1. The quantitative estimate of drug-likeness (QED) is 0.701. The second kappa shape index (κ2) is 2.73. The molecule has 74 valence electrons. The normalized spacial score (nSPS) is 39.6. The lowest BCUT2D eigenvalue weighted by Crippen LogP contribution is -2.05. The second-order valence-electron chi connectivity index (χ2n) is 4.62. The highest BCUT2D eigenvalue weighted by molar-refractivity contribution is 8.07. The van der Waals surface area contributed by atoms with Gasteiger partial charge in [0.2, 0.25) is 0 Å². The van der Waals surface area contributed by atoms with Crippen LogP contribution in [0.25, 0.3) is 0 Å². The fourth-order valence-electron chi connectivity index (χ4n) is 1.73. The van der Waals surface area contributed by atoms with Crippen LogP contribution in [0.4, 0.5) is 0 Å². The molecule has 2 aliphatic heterocycles. The molecule has 2 unspecified atom stereocenters. The third-order valence-electron chi connectivity index (χ3n) is 3.24. The minimum absolute atomic E-state index is 0.436. The van der Waals surface area contributed by atoms with Crippen molar-refractivity contribution in [1.82, 2.24) is 0 Å². The predicted octanol–water partition coefficient (Wildman–Crippen LogP) is 3.61. The maximum Gasteiger partial charge on any atom is 0.0471 e. The van der Waals surface area contributed by atoms with E-state index in [4.69, 9.17) is 0 Å². The molecule has 1 aromatic carbocycles. The van der Waals surface area contributed by atoms with Crippen LogP contribution in [0, 0.1) is 0 Å². The van der Waals surface area contributed by atoms with Crippen molar-refractivity contribution in [3.63, 3.8) is 0 Å². The molecule has 0 amide bonds. The van der Waals surface area contributed by atoms with E-state index in [0.717, 1.165) is 0 Å². The average Bonchev–Trinajstić information content (AvgIpc) is 3.08. The fraction of sp³-hybridized carbons (Fsp3) is 0.500. The first-order valence-electron chi connectivity index (χ1n) is 5.01.